The van der Waals surface area contributed by atoms with Gasteiger partial charge in [-0.3, -0.25) is 0 Å². The van der Waals surface area contributed by atoms with E-state index >= 15 is 0 Å². The third-order valence-corrected chi connectivity index (χ3v) is 18.1. The van der Waals surface area contributed by atoms with Crippen LogP contribution in [-0.4, -0.2) is 8.80 Å². The summed E-state index contributed by atoms with van der Waals surface area (Å²) in [5.74, 6) is 0. The molecular formula is C76H46N4O2. The summed E-state index contributed by atoms with van der Waals surface area (Å²) in [7, 11) is 0. The second-order valence-corrected chi connectivity index (χ2v) is 22.5. The van der Waals surface area contributed by atoms with Gasteiger partial charge in [0.15, 0.2) is 0 Å². The maximum absolute atomic E-state index is 7.03. The van der Waals surface area contributed by atoms with Gasteiger partial charge in [-0.15, -0.1) is 0 Å². The molecule has 19 rings (SSSR count). The molecule has 6 heteroatoms. The summed E-state index contributed by atoms with van der Waals surface area (Å²) >= 11 is 0. The van der Waals surface area contributed by atoms with Crippen LogP contribution in [-0.2, 0) is 0 Å². The number of anilines is 6. The van der Waals surface area contributed by atoms with Gasteiger partial charge in [0.2, 0.25) is 0 Å². The smallest absolute Gasteiger partial charge is 0.147 e. The number of benzene rings is 13. The van der Waals surface area contributed by atoms with E-state index in [0.717, 1.165) is 99.5 Å². The average Bonchev–Trinajstić information content (AvgIpc) is 2.77. The Morgan fingerprint density at radius 3 is 1.27 bits per heavy atom. The van der Waals surface area contributed by atoms with E-state index in [1.54, 1.807) is 0 Å². The third-order valence-electron chi connectivity index (χ3n) is 18.1. The van der Waals surface area contributed by atoms with Crippen molar-refractivity contribution in [3.05, 3.63) is 254 Å². The summed E-state index contributed by atoms with van der Waals surface area (Å²) in [4.78, 5) is 4.81. The van der Waals surface area contributed by atoms with E-state index in [9.17, 15) is 0 Å². The number of aromatic nitrogens is 2. The van der Waals surface area contributed by atoms with Gasteiger partial charge in [0.05, 0.1) is 38.5 Å². The highest BCUT2D eigenvalue weighted by atomic mass is 16.3. The summed E-state index contributed by atoms with van der Waals surface area (Å²) in [6.45, 7) is 4.40. The van der Waals surface area contributed by atoms with E-state index in [2.05, 4.69) is 275 Å². The van der Waals surface area contributed by atoms with E-state index in [0.29, 0.717) is 0 Å². The minimum atomic E-state index is 0.803. The summed E-state index contributed by atoms with van der Waals surface area (Å²) in [5, 5.41) is 18.8. The van der Waals surface area contributed by atoms with E-state index in [4.69, 9.17) is 8.83 Å². The first-order valence-corrected chi connectivity index (χ1v) is 28.2. The second-order valence-electron chi connectivity index (χ2n) is 22.5. The molecule has 0 fully saturated rings. The molecule has 0 aliphatic carbocycles. The Hall–Kier alpha value is -10.8. The fourth-order valence-corrected chi connectivity index (χ4v) is 14.4. The van der Waals surface area contributed by atoms with Crippen LogP contribution in [0.3, 0.4) is 0 Å². The first kappa shape index (κ1) is 44.1. The Kier molecular flexibility index (Phi) is 8.57. The second kappa shape index (κ2) is 15.9. The summed E-state index contributed by atoms with van der Waals surface area (Å²) < 4.78 is 18.7. The molecule has 13 aromatic carbocycles. The van der Waals surface area contributed by atoms with Crippen molar-refractivity contribution < 1.29 is 8.83 Å². The molecule has 6 aromatic heterocycles. The molecule has 82 heavy (non-hydrogen) atoms. The lowest BCUT2D eigenvalue weighted by atomic mass is 10.0. The zero-order valence-corrected chi connectivity index (χ0v) is 44.7. The number of furan rings is 2. The number of para-hydroxylation sites is 6. The zero-order chi connectivity index (χ0) is 53.6. The number of rotatable bonds is 6. The number of fused-ring (bicyclic) bond motifs is 21. The predicted molar refractivity (Wildman–Crippen MR) is 344 cm³/mol. The molecule has 0 aliphatic heterocycles. The molecule has 0 saturated carbocycles. The van der Waals surface area contributed by atoms with E-state index in [-0.39, 0.29) is 0 Å². The van der Waals surface area contributed by atoms with Gasteiger partial charge in [0.1, 0.15) is 22.3 Å². The minimum Gasteiger partial charge on any atom is -0.456 e. The van der Waals surface area contributed by atoms with E-state index < -0.39 is 0 Å². The molecule has 0 atom stereocenters. The van der Waals surface area contributed by atoms with Gasteiger partial charge < -0.3 is 27.4 Å². The molecule has 0 spiro atoms. The normalized spacial score (nSPS) is 12.5. The van der Waals surface area contributed by atoms with Crippen LogP contribution < -0.4 is 9.80 Å². The molecule has 6 heterocycles. The molecule has 19 aromatic rings. The summed E-state index contributed by atoms with van der Waals surface area (Å²) in [6, 6.07) is 89.2. The summed E-state index contributed by atoms with van der Waals surface area (Å²) in [6.07, 6.45) is 0. The SMILES string of the molecule is Cc1ccccc1N(c1ccc2cc3c(cc2c1)oc1c3ccc2oc3cc4cc(N(c5ccc6c(c5)c5cccc7c8ccccc8n6c75)c5ccccc5C)ccc4cc3c21)c1ccc2c(c1)c1cccc3c4ccccc4n2c31. The Labute approximate surface area is 468 Å². The van der Waals surface area contributed by atoms with Crippen LogP contribution in [0, 0.1) is 13.8 Å². The molecule has 0 radical (unpaired) electrons. The molecule has 0 aliphatic rings. The van der Waals surface area contributed by atoms with Crippen LogP contribution in [0.4, 0.5) is 34.1 Å². The van der Waals surface area contributed by atoms with Crippen LogP contribution in [0.25, 0.3) is 142 Å². The maximum Gasteiger partial charge on any atom is 0.147 e. The average molecular weight is 1050 g/mol. The quantitative estimate of drug-likeness (QED) is 0.166. The number of hydrogen-bond donors (Lipinski definition) is 0. The van der Waals surface area contributed by atoms with Crippen molar-refractivity contribution in [2.75, 3.05) is 9.80 Å². The van der Waals surface area contributed by atoms with Gasteiger partial charge in [-0.2, -0.15) is 0 Å². The Balaban J connectivity index is 0.731. The van der Waals surface area contributed by atoms with E-state index in [1.807, 2.05) is 0 Å². The number of hydrogen-bond acceptors (Lipinski definition) is 4. The van der Waals surface area contributed by atoms with Gasteiger partial charge in [0, 0.05) is 93.4 Å². The molecule has 0 bridgehead atoms. The van der Waals surface area contributed by atoms with Gasteiger partial charge in [-0.25, -0.2) is 0 Å². The van der Waals surface area contributed by atoms with Gasteiger partial charge in [0.25, 0.3) is 0 Å². The molecule has 382 valence electrons. The lowest BCUT2D eigenvalue weighted by Gasteiger charge is -2.27. The fraction of sp³-hybridized carbons (Fsp3) is 0.0263. The molecule has 0 N–H and O–H groups in total. The topological polar surface area (TPSA) is 41.6 Å². The predicted octanol–water partition coefficient (Wildman–Crippen LogP) is 21.6. The fourth-order valence-electron chi connectivity index (χ4n) is 14.4. The highest BCUT2D eigenvalue weighted by Gasteiger charge is 2.25. The maximum atomic E-state index is 7.03. The zero-order valence-electron chi connectivity index (χ0n) is 44.7. The lowest BCUT2D eigenvalue weighted by Crippen LogP contribution is -2.11. The molecule has 0 unspecified atom stereocenters. The highest BCUT2D eigenvalue weighted by Crippen LogP contribution is 2.48. The lowest BCUT2D eigenvalue weighted by molar-refractivity contribution is 0.663. The Bertz CT molecular complexity index is 5950. The van der Waals surface area contributed by atoms with Crippen LogP contribution in [0.2, 0.25) is 0 Å². The van der Waals surface area contributed by atoms with Crippen molar-refractivity contribution in [3.8, 4) is 0 Å². The van der Waals surface area contributed by atoms with Crippen molar-refractivity contribution in [2.24, 2.45) is 0 Å². The van der Waals surface area contributed by atoms with Gasteiger partial charge in [-0.05, 0) is 168 Å². The van der Waals surface area contributed by atoms with Crippen molar-refractivity contribution in [1.29, 1.82) is 0 Å². The van der Waals surface area contributed by atoms with Gasteiger partial charge in [-0.1, -0.05) is 121 Å². The van der Waals surface area contributed by atoms with Crippen LogP contribution in [0.1, 0.15) is 11.1 Å². The first-order valence-electron chi connectivity index (χ1n) is 28.2. The first-order chi connectivity index (χ1) is 40.5. The third kappa shape index (κ3) is 5.86. The van der Waals surface area contributed by atoms with Gasteiger partial charge >= 0.3 is 0 Å². The van der Waals surface area contributed by atoms with Crippen molar-refractivity contribution in [1.82, 2.24) is 8.80 Å². The van der Waals surface area contributed by atoms with Crippen LogP contribution in [0.15, 0.2) is 251 Å². The van der Waals surface area contributed by atoms with Crippen LogP contribution >= 0.6 is 0 Å². The van der Waals surface area contributed by atoms with Crippen molar-refractivity contribution in [3.63, 3.8) is 0 Å². The number of aryl methyl sites for hydroxylation is 2. The minimum absolute atomic E-state index is 0.803. The van der Waals surface area contributed by atoms with E-state index in [1.165, 1.54) is 87.3 Å². The molecule has 0 amide bonds. The standard InChI is InChI=1S/C76H46N4O2/c1-43-13-3-7-21-64(43)77(51-29-32-68-60(41-51)57-19-11-17-55-53-15-5-9-23-66(53)79(68)74(55)57)49-27-25-45-37-62-59-31-34-70-73(76(59)82-71(62)39-47(45)35-49)63-38-46-26-28-50(36-48(46)40-72(63)81-70)78(65-22-8-4-14-44(65)2)52-30-33-69-61(42-52)58-20-12-18-56-54-16-6-10-24-67(54)80(69)75(56)58/h3-42H,1-2H3. The largest absolute Gasteiger partial charge is 0.456 e. The number of nitrogens with zero attached hydrogens (tertiary/aromatic N) is 4. The molecular weight excluding hydrogens is 1000 g/mol. The monoisotopic (exact) mass is 1050 g/mol. The molecule has 0 saturated heterocycles. The van der Waals surface area contributed by atoms with Crippen LogP contribution in [0.5, 0.6) is 0 Å². The Morgan fingerprint density at radius 2 is 0.720 bits per heavy atom. The summed E-state index contributed by atoms with van der Waals surface area (Å²) in [5.41, 5.74) is 19.8. The Morgan fingerprint density at radius 1 is 0.280 bits per heavy atom. The van der Waals surface area contributed by atoms with Crippen molar-refractivity contribution >= 4 is 176 Å². The molecule has 6 nitrogen and oxygen atoms in total. The van der Waals surface area contributed by atoms with Crippen molar-refractivity contribution in [2.45, 2.75) is 13.8 Å². The highest BCUT2D eigenvalue weighted by molar-refractivity contribution is 6.27.